The third-order valence-corrected chi connectivity index (χ3v) is 12.0. The number of fused-ring (bicyclic) bond motifs is 4. The standard InChI is InChI=1S/C32H42O8/c1-17(33)38-32(6)18-15-21(25(16-18)37-28(32)35)24-12-14-31(5)23-9-8-22-19(7-10-26(34)39-29(22,2)3)27(40-36)20(23)11-13-30(24,31)4/h7,10,18,21,24-25,27,36H,8-9,11-16H2,1-6H3/t18-,21+,24-,25+,27-,30-,31+,32-/m1/s1. The minimum Gasteiger partial charge on any atom is -0.459 e. The second-order valence-electron chi connectivity index (χ2n) is 14.1. The van der Waals surface area contributed by atoms with Crippen LogP contribution in [0.5, 0.6) is 0 Å². The van der Waals surface area contributed by atoms with Crippen molar-refractivity contribution >= 4 is 17.9 Å². The molecule has 8 nitrogen and oxygen atoms in total. The Kier molecular flexibility index (Phi) is 6.25. The van der Waals surface area contributed by atoms with E-state index in [0.29, 0.717) is 5.92 Å². The summed E-state index contributed by atoms with van der Waals surface area (Å²) < 4.78 is 17.3. The predicted molar refractivity (Wildman–Crippen MR) is 145 cm³/mol. The lowest BCUT2D eigenvalue weighted by molar-refractivity contribution is -0.260. The van der Waals surface area contributed by atoms with Crippen LogP contribution in [0.15, 0.2) is 34.4 Å². The number of allylic oxidation sites excluding steroid dienone is 1. The molecule has 8 atom stereocenters. The molecule has 2 heterocycles. The molecule has 0 aromatic heterocycles. The van der Waals surface area contributed by atoms with E-state index in [2.05, 4.69) is 13.8 Å². The maximum atomic E-state index is 13.0. The van der Waals surface area contributed by atoms with E-state index in [4.69, 9.17) is 19.1 Å². The highest BCUT2D eigenvalue weighted by Gasteiger charge is 2.65. The second-order valence-corrected chi connectivity index (χ2v) is 14.1. The van der Waals surface area contributed by atoms with Gasteiger partial charge < -0.3 is 14.2 Å². The Labute approximate surface area is 236 Å². The number of cyclic esters (lactones) is 1. The molecule has 0 radical (unpaired) electrons. The van der Waals surface area contributed by atoms with E-state index in [1.54, 1.807) is 13.0 Å². The average molecular weight is 555 g/mol. The van der Waals surface area contributed by atoms with Gasteiger partial charge in [-0.05, 0) is 118 Å². The van der Waals surface area contributed by atoms with Gasteiger partial charge in [0.1, 0.15) is 17.8 Å². The maximum Gasteiger partial charge on any atom is 0.350 e. The first kappa shape index (κ1) is 27.7. The molecule has 0 unspecified atom stereocenters. The van der Waals surface area contributed by atoms with Crippen LogP contribution in [0, 0.1) is 28.6 Å². The van der Waals surface area contributed by atoms with Crippen molar-refractivity contribution in [2.24, 2.45) is 28.6 Å². The highest BCUT2D eigenvalue weighted by atomic mass is 17.1. The molecule has 2 bridgehead atoms. The van der Waals surface area contributed by atoms with Crippen LogP contribution in [-0.4, -0.2) is 46.6 Å². The molecule has 1 N–H and O–H groups in total. The Morgan fingerprint density at radius 2 is 1.73 bits per heavy atom. The zero-order chi connectivity index (χ0) is 28.8. The molecule has 8 heteroatoms. The molecule has 0 spiro atoms. The van der Waals surface area contributed by atoms with E-state index in [1.165, 1.54) is 18.6 Å². The largest absolute Gasteiger partial charge is 0.459 e. The monoisotopic (exact) mass is 554 g/mol. The molecule has 0 amide bonds. The first-order valence-electron chi connectivity index (χ1n) is 14.8. The lowest BCUT2D eigenvalue weighted by Gasteiger charge is -2.52. The number of esters is 3. The summed E-state index contributed by atoms with van der Waals surface area (Å²) in [6.45, 7) is 11.7. The number of hydrogen-bond donors (Lipinski definition) is 1. The molecular weight excluding hydrogens is 512 g/mol. The van der Waals surface area contributed by atoms with E-state index in [0.717, 1.165) is 68.1 Å². The van der Waals surface area contributed by atoms with Crippen LogP contribution in [0.3, 0.4) is 0 Å². The van der Waals surface area contributed by atoms with Crippen LogP contribution in [0.1, 0.15) is 92.9 Å². The molecule has 2 saturated carbocycles. The minimum atomic E-state index is -1.22. The SMILES string of the molecule is CC(=O)O[C@@]1(C)C(=O)O[C@H]2C[C@H]1C[C@H]2[C@H]1CC[C@@]2(C)C3=C(CC[C@]12C)[C@H](OO)C1=C(CC3)C(C)(C)OC(=O)C=C1. The fourth-order valence-corrected chi connectivity index (χ4v) is 9.81. The number of hydrogen-bond acceptors (Lipinski definition) is 8. The Bertz CT molecular complexity index is 1260. The molecule has 0 aromatic carbocycles. The number of rotatable bonds is 3. The summed E-state index contributed by atoms with van der Waals surface area (Å²) in [4.78, 5) is 42.4. The van der Waals surface area contributed by atoms with Gasteiger partial charge in [-0.3, -0.25) is 10.1 Å². The molecule has 218 valence electrons. The molecule has 40 heavy (non-hydrogen) atoms. The smallest absolute Gasteiger partial charge is 0.350 e. The van der Waals surface area contributed by atoms with Crippen LogP contribution in [-0.2, 0) is 33.5 Å². The molecule has 6 aliphatic rings. The van der Waals surface area contributed by atoms with Crippen molar-refractivity contribution in [3.8, 4) is 0 Å². The van der Waals surface area contributed by atoms with E-state index in [-0.39, 0.29) is 28.8 Å². The van der Waals surface area contributed by atoms with Gasteiger partial charge in [0.25, 0.3) is 0 Å². The Morgan fingerprint density at radius 3 is 2.42 bits per heavy atom. The summed E-state index contributed by atoms with van der Waals surface area (Å²) in [5.41, 5.74) is 2.13. The van der Waals surface area contributed by atoms with Crippen molar-refractivity contribution in [3.05, 3.63) is 34.4 Å². The third kappa shape index (κ3) is 3.74. The first-order valence-corrected chi connectivity index (χ1v) is 14.8. The third-order valence-electron chi connectivity index (χ3n) is 12.0. The predicted octanol–water partition coefficient (Wildman–Crippen LogP) is 5.61. The van der Waals surface area contributed by atoms with Crippen molar-refractivity contribution in [3.63, 3.8) is 0 Å². The average Bonchev–Trinajstić information content (AvgIpc) is 3.26. The summed E-state index contributed by atoms with van der Waals surface area (Å²) in [6, 6.07) is 0. The van der Waals surface area contributed by atoms with Crippen LogP contribution >= 0.6 is 0 Å². The van der Waals surface area contributed by atoms with Gasteiger partial charge in [0.2, 0.25) is 5.60 Å². The van der Waals surface area contributed by atoms with Crippen LogP contribution < -0.4 is 0 Å². The van der Waals surface area contributed by atoms with Gasteiger partial charge in [0.05, 0.1) is 0 Å². The van der Waals surface area contributed by atoms with E-state index < -0.39 is 35.2 Å². The Morgan fingerprint density at radius 1 is 1.00 bits per heavy atom. The molecular formula is C32H42O8. The van der Waals surface area contributed by atoms with Gasteiger partial charge in [0, 0.05) is 18.9 Å². The topological polar surface area (TPSA) is 108 Å². The van der Waals surface area contributed by atoms with Crippen LogP contribution in [0.25, 0.3) is 0 Å². The normalized spacial score (nSPS) is 43.7. The summed E-state index contributed by atoms with van der Waals surface area (Å²) >= 11 is 0. The molecule has 1 saturated heterocycles. The number of ether oxygens (including phenoxy) is 3. The highest BCUT2D eigenvalue weighted by molar-refractivity contribution is 5.85. The van der Waals surface area contributed by atoms with Crippen molar-refractivity contribution in [1.29, 1.82) is 0 Å². The fourth-order valence-electron chi connectivity index (χ4n) is 9.81. The quantitative estimate of drug-likeness (QED) is 0.158. The number of carbonyl (C=O) groups excluding carboxylic acids is 3. The second kappa shape index (κ2) is 9.02. The van der Waals surface area contributed by atoms with E-state index in [9.17, 15) is 19.6 Å². The summed E-state index contributed by atoms with van der Waals surface area (Å²) in [7, 11) is 0. The zero-order valence-corrected chi connectivity index (χ0v) is 24.5. The van der Waals surface area contributed by atoms with Crippen molar-refractivity contribution in [2.45, 2.75) is 116 Å². The Balaban J connectivity index is 1.34. The summed E-state index contributed by atoms with van der Waals surface area (Å²) in [5, 5.41) is 10.3. The van der Waals surface area contributed by atoms with E-state index >= 15 is 0 Å². The van der Waals surface area contributed by atoms with Crippen LogP contribution in [0.4, 0.5) is 0 Å². The van der Waals surface area contributed by atoms with Crippen molar-refractivity contribution < 1.29 is 38.7 Å². The summed E-state index contributed by atoms with van der Waals surface area (Å²) in [6.07, 6.45) is 9.26. The number of carbonyl (C=O) groups is 3. The van der Waals surface area contributed by atoms with Gasteiger partial charge in [-0.2, -0.15) is 0 Å². The van der Waals surface area contributed by atoms with Crippen LogP contribution in [0.2, 0.25) is 0 Å². The fraction of sp³-hybridized carbons (Fsp3) is 0.719. The molecule has 2 aliphatic heterocycles. The zero-order valence-electron chi connectivity index (χ0n) is 24.5. The minimum absolute atomic E-state index is 0.0300. The van der Waals surface area contributed by atoms with Gasteiger partial charge in [-0.15, -0.1) is 0 Å². The van der Waals surface area contributed by atoms with E-state index in [1.807, 2.05) is 13.8 Å². The molecule has 4 aliphatic carbocycles. The molecule has 3 fully saturated rings. The lowest BCUT2D eigenvalue weighted by atomic mass is 9.52. The molecule has 6 rings (SSSR count). The maximum absolute atomic E-state index is 13.0. The molecule has 0 aromatic rings. The lowest BCUT2D eigenvalue weighted by Crippen LogP contribution is -2.51. The summed E-state index contributed by atoms with van der Waals surface area (Å²) in [5.74, 6) is -0.730. The van der Waals surface area contributed by atoms with Crippen molar-refractivity contribution in [1.82, 2.24) is 0 Å². The first-order chi connectivity index (χ1) is 18.7. The highest BCUT2D eigenvalue weighted by Crippen LogP contribution is 2.70. The van der Waals surface area contributed by atoms with Gasteiger partial charge >= 0.3 is 17.9 Å². The van der Waals surface area contributed by atoms with Gasteiger partial charge in [-0.1, -0.05) is 19.4 Å². The van der Waals surface area contributed by atoms with Gasteiger partial charge in [-0.25, -0.2) is 14.5 Å². The van der Waals surface area contributed by atoms with Gasteiger partial charge in [0.15, 0.2) is 0 Å². The van der Waals surface area contributed by atoms with Crippen molar-refractivity contribution in [2.75, 3.05) is 0 Å². The Hall–Kier alpha value is -2.45.